The van der Waals surface area contributed by atoms with Gasteiger partial charge in [0, 0.05) is 32.1 Å². The molecule has 0 spiro atoms. The molecule has 1 saturated carbocycles. The van der Waals surface area contributed by atoms with Crippen LogP contribution in [-0.4, -0.2) is 41.8 Å². The maximum atomic E-state index is 8.96. The van der Waals surface area contributed by atoms with Crippen LogP contribution in [0.1, 0.15) is 31.5 Å². The zero-order chi connectivity index (χ0) is 12.3. The lowest BCUT2D eigenvalue weighted by molar-refractivity contribution is 0.304. The van der Waals surface area contributed by atoms with Crippen molar-refractivity contribution in [3.05, 3.63) is 11.9 Å². The molecule has 2 N–H and O–H groups in total. The fourth-order valence-corrected chi connectivity index (χ4v) is 1.71. The van der Waals surface area contributed by atoms with Gasteiger partial charge in [-0.15, -0.1) is 0 Å². The molecule has 0 aliphatic heterocycles. The van der Waals surface area contributed by atoms with Gasteiger partial charge in [0.15, 0.2) is 0 Å². The Balaban J connectivity index is 2.23. The minimum absolute atomic E-state index is 0.135. The highest BCUT2D eigenvalue weighted by molar-refractivity contribution is 5.49. The second-order valence-corrected chi connectivity index (χ2v) is 4.42. The molecule has 0 radical (unpaired) electrons. The van der Waals surface area contributed by atoms with Crippen LogP contribution in [0.15, 0.2) is 6.07 Å². The molecule has 0 atom stereocenters. The van der Waals surface area contributed by atoms with Crippen LogP contribution in [-0.2, 0) is 0 Å². The van der Waals surface area contributed by atoms with Gasteiger partial charge in [-0.05, 0) is 19.8 Å². The first kappa shape index (κ1) is 12.1. The highest BCUT2D eigenvalue weighted by Gasteiger charge is 2.27. The van der Waals surface area contributed by atoms with Crippen molar-refractivity contribution in [3.8, 4) is 0 Å². The van der Waals surface area contributed by atoms with Gasteiger partial charge in [0.2, 0.25) is 0 Å². The number of aromatic nitrogens is 2. The average molecular weight is 236 g/mol. The van der Waals surface area contributed by atoms with Crippen LogP contribution < -0.4 is 10.2 Å². The number of aliphatic hydroxyl groups is 1. The molecular weight excluding hydrogens is 216 g/mol. The highest BCUT2D eigenvalue weighted by Crippen LogP contribution is 2.39. The summed E-state index contributed by atoms with van der Waals surface area (Å²) in [6.07, 6.45) is 2.39. The Labute approximate surface area is 102 Å². The van der Waals surface area contributed by atoms with Crippen LogP contribution in [0.3, 0.4) is 0 Å². The highest BCUT2D eigenvalue weighted by atomic mass is 16.3. The molecule has 0 aromatic carbocycles. The van der Waals surface area contributed by atoms with Crippen LogP contribution in [0, 0.1) is 0 Å². The molecule has 1 fully saturated rings. The van der Waals surface area contributed by atoms with Crippen molar-refractivity contribution in [3.63, 3.8) is 0 Å². The maximum Gasteiger partial charge on any atom is 0.136 e. The van der Waals surface area contributed by atoms with E-state index in [4.69, 9.17) is 5.11 Å². The van der Waals surface area contributed by atoms with Crippen molar-refractivity contribution in [2.45, 2.75) is 25.7 Å². The summed E-state index contributed by atoms with van der Waals surface area (Å²) in [4.78, 5) is 11.0. The summed E-state index contributed by atoms with van der Waals surface area (Å²) in [5.74, 6) is 3.23. The molecule has 1 aromatic heterocycles. The summed E-state index contributed by atoms with van der Waals surface area (Å²) in [6.45, 7) is 3.63. The number of hydrogen-bond acceptors (Lipinski definition) is 5. The SMILES string of the molecule is CCNc1cc(N(C)CCO)nc(C2CC2)n1. The molecular formula is C12H20N4O. The van der Waals surface area contributed by atoms with E-state index in [0.29, 0.717) is 12.5 Å². The molecule has 1 aliphatic carbocycles. The van der Waals surface area contributed by atoms with Gasteiger partial charge < -0.3 is 15.3 Å². The Hall–Kier alpha value is -1.36. The van der Waals surface area contributed by atoms with Gasteiger partial charge in [0.1, 0.15) is 17.5 Å². The second kappa shape index (κ2) is 5.31. The Morgan fingerprint density at radius 2 is 2.24 bits per heavy atom. The minimum Gasteiger partial charge on any atom is -0.395 e. The number of hydrogen-bond donors (Lipinski definition) is 2. The average Bonchev–Trinajstić information content (AvgIpc) is 3.13. The van der Waals surface area contributed by atoms with Gasteiger partial charge in [0.25, 0.3) is 0 Å². The van der Waals surface area contributed by atoms with Crippen LogP contribution in [0.4, 0.5) is 11.6 Å². The summed E-state index contributed by atoms with van der Waals surface area (Å²) >= 11 is 0. The number of nitrogens with zero attached hydrogens (tertiary/aromatic N) is 3. The normalized spacial score (nSPS) is 14.8. The molecule has 0 amide bonds. The van der Waals surface area contributed by atoms with E-state index < -0.39 is 0 Å². The first-order valence-electron chi connectivity index (χ1n) is 6.19. The fourth-order valence-electron chi connectivity index (χ4n) is 1.71. The minimum atomic E-state index is 0.135. The first-order valence-corrected chi connectivity index (χ1v) is 6.19. The van der Waals surface area contributed by atoms with E-state index in [1.807, 2.05) is 18.0 Å². The molecule has 0 unspecified atom stereocenters. The largest absolute Gasteiger partial charge is 0.395 e. The van der Waals surface area contributed by atoms with Gasteiger partial charge in [0.05, 0.1) is 6.61 Å². The molecule has 94 valence electrons. The molecule has 2 rings (SSSR count). The third kappa shape index (κ3) is 3.06. The first-order chi connectivity index (χ1) is 8.24. The predicted octanol–water partition coefficient (Wildman–Crippen LogP) is 1.21. The summed E-state index contributed by atoms with van der Waals surface area (Å²) < 4.78 is 0. The van der Waals surface area contributed by atoms with Gasteiger partial charge in [-0.2, -0.15) is 0 Å². The van der Waals surface area contributed by atoms with Crippen molar-refractivity contribution >= 4 is 11.6 Å². The maximum absolute atomic E-state index is 8.96. The molecule has 17 heavy (non-hydrogen) atoms. The lowest BCUT2D eigenvalue weighted by Gasteiger charge is -2.18. The Kier molecular flexibility index (Phi) is 3.78. The van der Waals surface area contributed by atoms with E-state index in [1.54, 1.807) is 0 Å². The molecule has 1 aliphatic rings. The number of likely N-dealkylation sites (N-methyl/N-ethyl adjacent to an activating group) is 1. The lowest BCUT2D eigenvalue weighted by atomic mass is 10.3. The van der Waals surface area contributed by atoms with Crippen molar-refractivity contribution in [1.82, 2.24) is 9.97 Å². The van der Waals surface area contributed by atoms with E-state index in [-0.39, 0.29) is 6.61 Å². The number of aliphatic hydroxyl groups excluding tert-OH is 1. The summed E-state index contributed by atoms with van der Waals surface area (Å²) in [7, 11) is 1.94. The molecule has 5 heteroatoms. The van der Waals surface area contributed by atoms with Gasteiger partial charge >= 0.3 is 0 Å². The van der Waals surface area contributed by atoms with E-state index >= 15 is 0 Å². The molecule has 5 nitrogen and oxygen atoms in total. The van der Waals surface area contributed by atoms with E-state index in [2.05, 4.69) is 22.2 Å². The third-order valence-electron chi connectivity index (χ3n) is 2.86. The quantitative estimate of drug-likeness (QED) is 0.777. The van der Waals surface area contributed by atoms with Crippen LogP contribution in [0.2, 0.25) is 0 Å². The zero-order valence-corrected chi connectivity index (χ0v) is 10.5. The smallest absolute Gasteiger partial charge is 0.136 e. The van der Waals surface area contributed by atoms with E-state index in [0.717, 1.165) is 24.0 Å². The Morgan fingerprint density at radius 3 is 2.82 bits per heavy atom. The van der Waals surface area contributed by atoms with Crippen molar-refractivity contribution < 1.29 is 5.11 Å². The van der Waals surface area contributed by atoms with Crippen LogP contribution in [0.25, 0.3) is 0 Å². The number of rotatable bonds is 6. The van der Waals surface area contributed by atoms with Gasteiger partial charge in [-0.25, -0.2) is 9.97 Å². The van der Waals surface area contributed by atoms with Gasteiger partial charge in [-0.3, -0.25) is 0 Å². The molecule has 1 aromatic rings. The van der Waals surface area contributed by atoms with Crippen molar-refractivity contribution in [2.24, 2.45) is 0 Å². The summed E-state index contributed by atoms with van der Waals surface area (Å²) in [6, 6.07) is 1.94. The lowest BCUT2D eigenvalue weighted by Crippen LogP contribution is -2.23. The number of nitrogens with one attached hydrogen (secondary N) is 1. The van der Waals surface area contributed by atoms with E-state index in [1.165, 1.54) is 12.8 Å². The van der Waals surface area contributed by atoms with Crippen LogP contribution in [0.5, 0.6) is 0 Å². The second-order valence-electron chi connectivity index (χ2n) is 4.42. The van der Waals surface area contributed by atoms with Crippen molar-refractivity contribution in [2.75, 3.05) is 37.0 Å². The molecule has 0 saturated heterocycles. The number of anilines is 2. The molecule has 1 heterocycles. The van der Waals surface area contributed by atoms with E-state index in [9.17, 15) is 0 Å². The Morgan fingerprint density at radius 1 is 1.47 bits per heavy atom. The van der Waals surface area contributed by atoms with Crippen molar-refractivity contribution in [1.29, 1.82) is 0 Å². The van der Waals surface area contributed by atoms with Crippen LogP contribution >= 0.6 is 0 Å². The topological polar surface area (TPSA) is 61.3 Å². The third-order valence-corrected chi connectivity index (χ3v) is 2.86. The van der Waals surface area contributed by atoms with Gasteiger partial charge in [-0.1, -0.05) is 0 Å². The monoisotopic (exact) mass is 236 g/mol. The summed E-state index contributed by atoms with van der Waals surface area (Å²) in [5, 5.41) is 12.2. The fraction of sp³-hybridized carbons (Fsp3) is 0.667. The molecule has 0 bridgehead atoms. The Bertz CT molecular complexity index is 379. The predicted molar refractivity (Wildman–Crippen MR) is 68.5 cm³/mol. The zero-order valence-electron chi connectivity index (χ0n) is 10.5. The standard InChI is InChI=1S/C12H20N4O/c1-3-13-10-8-11(16(2)6-7-17)15-12(14-10)9-4-5-9/h8-9,17H,3-7H2,1-2H3,(H,13,14,15). The summed E-state index contributed by atoms with van der Waals surface area (Å²) in [5.41, 5.74) is 0.